The van der Waals surface area contributed by atoms with Crippen molar-refractivity contribution in [2.75, 3.05) is 0 Å². The molecule has 2 aromatic carbocycles. The monoisotopic (exact) mass is 315 g/mol. The van der Waals surface area contributed by atoms with Gasteiger partial charge in [0.05, 0.1) is 11.6 Å². The minimum absolute atomic E-state index is 0.218. The molecule has 0 bridgehead atoms. The Labute approximate surface area is 132 Å². The molecule has 0 radical (unpaired) electrons. The van der Waals surface area contributed by atoms with Crippen molar-refractivity contribution in [3.05, 3.63) is 78.1 Å². The molecule has 110 valence electrons. The predicted molar refractivity (Wildman–Crippen MR) is 84.6 cm³/mol. The second-order valence-corrected chi connectivity index (χ2v) is 5.14. The van der Waals surface area contributed by atoms with E-state index in [0.29, 0.717) is 16.8 Å². The summed E-state index contributed by atoms with van der Waals surface area (Å²) >= 11 is 5.93. The molecule has 0 N–H and O–H groups in total. The quantitative estimate of drug-likeness (QED) is 0.587. The zero-order valence-electron chi connectivity index (χ0n) is 11.6. The fraction of sp³-hybridized carbons (Fsp3) is 0.0556. The zero-order chi connectivity index (χ0) is 15.5. The summed E-state index contributed by atoms with van der Waals surface area (Å²) < 4.78 is 26.8. The minimum Gasteiger partial charge on any atom is -0.259 e. The van der Waals surface area contributed by atoms with Crippen LogP contribution in [0.2, 0.25) is 0 Å². The van der Waals surface area contributed by atoms with Crippen LogP contribution in [0.1, 0.15) is 5.69 Å². The lowest BCUT2D eigenvalue weighted by Gasteiger charge is -2.10. The lowest BCUT2D eigenvalue weighted by atomic mass is 9.99. The van der Waals surface area contributed by atoms with Gasteiger partial charge in [-0.2, -0.15) is 0 Å². The van der Waals surface area contributed by atoms with Crippen LogP contribution in [0, 0.1) is 11.6 Å². The lowest BCUT2D eigenvalue weighted by Crippen LogP contribution is -1.93. The third-order valence-electron chi connectivity index (χ3n) is 3.39. The molecule has 0 aliphatic carbocycles. The van der Waals surface area contributed by atoms with E-state index in [1.807, 2.05) is 6.07 Å². The van der Waals surface area contributed by atoms with Gasteiger partial charge in [-0.1, -0.05) is 24.3 Å². The smallest absolute Gasteiger partial charge is 0.123 e. The maximum Gasteiger partial charge on any atom is 0.123 e. The molecule has 1 nitrogen and oxygen atoms in total. The number of hydrogen-bond acceptors (Lipinski definition) is 1. The highest BCUT2D eigenvalue weighted by Gasteiger charge is 2.10. The third kappa shape index (κ3) is 3.00. The topological polar surface area (TPSA) is 12.9 Å². The van der Waals surface area contributed by atoms with E-state index in [1.54, 1.807) is 30.5 Å². The summed E-state index contributed by atoms with van der Waals surface area (Å²) in [7, 11) is 0. The van der Waals surface area contributed by atoms with Crippen molar-refractivity contribution in [2.45, 2.75) is 5.88 Å². The first-order valence-corrected chi connectivity index (χ1v) is 7.27. The van der Waals surface area contributed by atoms with Gasteiger partial charge in [0.2, 0.25) is 0 Å². The van der Waals surface area contributed by atoms with E-state index < -0.39 is 0 Å². The van der Waals surface area contributed by atoms with E-state index in [1.165, 1.54) is 24.3 Å². The van der Waals surface area contributed by atoms with Crippen molar-refractivity contribution >= 4 is 11.6 Å². The summed E-state index contributed by atoms with van der Waals surface area (Å²) in [6.07, 6.45) is 1.65. The molecule has 0 unspecified atom stereocenters. The first-order chi connectivity index (χ1) is 10.7. The van der Waals surface area contributed by atoms with Crippen molar-refractivity contribution in [1.82, 2.24) is 4.98 Å². The summed E-state index contributed by atoms with van der Waals surface area (Å²) in [6.45, 7) is 0. The average molecular weight is 316 g/mol. The number of rotatable bonds is 3. The number of alkyl halides is 1. The highest BCUT2D eigenvalue weighted by atomic mass is 35.5. The number of hydrogen-bond donors (Lipinski definition) is 0. The van der Waals surface area contributed by atoms with E-state index in [0.717, 1.165) is 11.1 Å². The molecular formula is C18H12ClF2N. The molecule has 0 spiro atoms. The van der Waals surface area contributed by atoms with Crippen molar-refractivity contribution in [1.29, 1.82) is 0 Å². The van der Waals surface area contributed by atoms with Gasteiger partial charge in [0.1, 0.15) is 11.6 Å². The van der Waals surface area contributed by atoms with Crippen LogP contribution in [0.4, 0.5) is 8.78 Å². The minimum atomic E-state index is -0.325. The summed E-state index contributed by atoms with van der Waals surface area (Å²) in [5.74, 6) is -0.421. The Kier molecular flexibility index (Phi) is 4.16. The third-order valence-corrected chi connectivity index (χ3v) is 3.64. The van der Waals surface area contributed by atoms with Gasteiger partial charge >= 0.3 is 0 Å². The Bertz CT molecular complexity index is 818. The van der Waals surface area contributed by atoms with Crippen LogP contribution in [0.5, 0.6) is 0 Å². The summed E-state index contributed by atoms with van der Waals surface area (Å²) in [5, 5.41) is 0. The van der Waals surface area contributed by atoms with Crippen LogP contribution in [0.15, 0.2) is 60.8 Å². The Morgan fingerprint density at radius 2 is 1.45 bits per heavy atom. The lowest BCUT2D eigenvalue weighted by molar-refractivity contribution is 0.628. The van der Waals surface area contributed by atoms with Crippen LogP contribution >= 0.6 is 11.6 Å². The molecule has 0 fully saturated rings. The van der Waals surface area contributed by atoms with Gasteiger partial charge in [0.15, 0.2) is 0 Å². The standard InChI is InChI=1S/C18H12ClF2N/c19-10-18-17(13-4-2-6-16(21)8-13)9-14(11-22-18)12-3-1-5-15(20)7-12/h1-9,11H,10H2. The predicted octanol–water partition coefficient (Wildman–Crippen LogP) is 5.43. The van der Waals surface area contributed by atoms with Crippen molar-refractivity contribution in [2.24, 2.45) is 0 Å². The highest BCUT2D eigenvalue weighted by Crippen LogP contribution is 2.29. The Morgan fingerprint density at radius 1 is 0.818 bits per heavy atom. The van der Waals surface area contributed by atoms with E-state index >= 15 is 0 Å². The molecule has 1 aromatic heterocycles. The second kappa shape index (κ2) is 6.24. The van der Waals surface area contributed by atoms with E-state index in [2.05, 4.69) is 4.98 Å². The first kappa shape index (κ1) is 14.7. The molecule has 1 heterocycles. The van der Waals surface area contributed by atoms with Gasteiger partial charge in [-0.15, -0.1) is 11.6 Å². The molecule has 22 heavy (non-hydrogen) atoms. The van der Waals surface area contributed by atoms with E-state index in [9.17, 15) is 8.78 Å². The van der Waals surface area contributed by atoms with Gasteiger partial charge in [-0.25, -0.2) is 8.78 Å². The maximum atomic E-state index is 13.5. The fourth-order valence-electron chi connectivity index (χ4n) is 2.33. The molecule has 0 atom stereocenters. The number of pyridine rings is 1. The molecule has 0 aliphatic heterocycles. The van der Waals surface area contributed by atoms with Gasteiger partial charge in [0, 0.05) is 17.3 Å². The summed E-state index contributed by atoms with van der Waals surface area (Å²) in [4.78, 5) is 4.33. The van der Waals surface area contributed by atoms with Crippen LogP contribution in [0.3, 0.4) is 0 Å². The van der Waals surface area contributed by atoms with Crippen LogP contribution in [-0.2, 0) is 5.88 Å². The molecule has 0 saturated carbocycles. The highest BCUT2D eigenvalue weighted by molar-refractivity contribution is 6.17. The number of nitrogens with zero attached hydrogens (tertiary/aromatic N) is 1. The average Bonchev–Trinajstić information content (AvgIpc) is 2.54. The molecule has 3 aromatic rings. The normalized spacial score (nSPS) is 10.7. The Hall–Kier alpha value is -2.26. The first-order valence-electron chi connectivity index (χ1n) is 6.74. The van der Waals surface area contributed by atoms with Crippen molar-refractivity contribution < 1.29 is 8.78 Å². The van der Waals surface area contributed by atoms with Crippen LogP contribution in [0.25, 0.3) is 22.3 Å². The Balaban J connectivity index is 2.14. The fourth-order valence-corrected chi connectivity index (χ4v) is 2.54. The molecule has 0 saturated heterocycles. The van der Waals surface area contributed by atoms with Crippen molar-refractivity contribution in [3.63, 3.8) is 0 Å². The van der Waals surface area contributed by atoms with Gasteiger partial charge in [-0.3, -0.25) is 4.98 Å². The van der Waals surface area contributed by atoms with Crippen LogP contribution < -0.4 is 0 Å². The molecule has 0 amide bonds. The number of benzene rings is 2. The molecule has 0 aliphatic rings. The zero-order valence-corrected chi connectivity index (χ0v) is 12.3. The van der Waals surface area contributed by atoms with E-state index in [-0.39, 0.29) is 17.5 Å². The largest absolute Gasteiger partial charge is 0.259 e. The molecule has 3 rings (SSSR count). The SMILES string of the molecule is Fc1cccc(-c2cnc(CCl)c(-c3cccc(F)c3)c2)c1. The number of aromatic nitrogens is 1. The second-order valence-electron chi connectivity index (χ2n) is 4.87. The van der Waals surface area contributed by atoms with Gasteiger partial charge in [-0.05, 0) is 41.5 Å². The van der Waals surface area contributed by atoms with E-state index in [4.69, 9.17) is 11.6 Å². The van der Waals surface area contributed by atoms with Crippen molar-refractivity contribution in [3.8, 4) is 22.3 Å². The Morgan fingerprint density at radius 3 is 2.09 bits per heavy atom. The molecular weight excluding hydrogens is 304 g/mol. The van der Waals surface area contributed by atoms with Gasteiger partial charge < -0.3 is 0 Å². The maximum absolute atomic E-state index is 13.5. The van der Waals surface area contributed by atoms with Crippen LogP contribution in [-0.4, -0.2) is 4.98 Å². The summed E-state index contributed by atoms with van der Waals surface area (Å²) in [6, 6.07) is 14.4. The molecule has 4 heteroatoms. The number of halogens is 3. The van der Waals surface area contributed by atoms with Gasteiger partial charge in [0.25, 0.3) is 0 Å². The summed E-state index contributed by atoms with van der Waals surface area (Å²) in [5.41, 5.74) is 3.57.